The van der Waals surface area contributed by atoms with Crippen molar-refractivity contribution in [2.45, 2.75) is 20.8 Å². The van der Waals surface area contributed by atoms with Crippen LogP contribution in [0.15, 0.2) is 24.3 Å². The van der Waals surface area contributed by atoms with Crippen molar-refractivity contribution in [3.8, 4) is 11.3 Å². The molecule has 0 radical (unpaired) electrons. The summed E-state index contributed by atoms with van der Waals surface area (Å²) >= 11 is 0. The molecule has 1 amide bonds. The third-order valence-electron chi connectivity index (χ3n) is 2.96. The molecule has 1 heterocycles. The number of rotatable bonds is 3. The fourth-order valence-electron chi connectivity index (χ4n) is 2.12. The van der Waals surface area contributed by atoms with Crippen molar-refractivity contribution in [1.29, 1.82) is 0 Å². The maximum absolute atomic E-state index is 12.2. The largest absolute Gasteiger partial charge is 0.368 e. The molecule has 1 aromatic carbocycles. The van der Waals surface area contributed by atoms with Crippen LogP contribution in [0.2, 0.25) is 0 Å². The Bertz CT molecular complexity index is 652. The van der Waals surface area contributed by atoms with E-state index in [-0.39, 0.29) is 11.9 Å². The molecule has 5 nitrogen and oxygen atoms in total. The number of nitrogens with two attached hydrogens (primary N) is 1. The van der Waals surface area contributed by atoms with Crippen molar-refractivity contribution in [2.24, 2.45) is 0 Å². The minimum Gasteiger partial charge on any atom is -0.368 e. The summed E-state index contributed by atoms with van der Waals surface area (Å²) in [6, 6.07) is 7.81. The summed E-state index contributed by atoms with van der Waals surface area (Å²) in [4.78, 5) is 20.6. The van der Waals surface area contributed by atoms with Gasteiger partial charge in [0.1, 0.15) is 0 Å². The van der Waals surface area contributed by atoms with Gasteiger partial charge >= 0.3 is 0 Å². The van der Waals surface area contributed by atoms with E-state index in [0.717, 1.165) is 11.1 Å². The van der Waals surface area contributed by atoms with E-state index in [1.807, 2.05) is 38.1 Å². The topological polar surface area (TPSA) is 80.9 Å². The van der Waals surface area contributed by atoms with Gasteiger partial charge in [-0.1, -0.05) is 23.8 Å². The second-order valence-electron chi connectivity index (χ2n) is 4.62. The Morgan fingerprint density at radius 2 is 2.05 bits per heavy atom. The number of hydrogen-bond acceptors (Lipinski definition) is 4. The van der Waals surface area contributed by atoms with Gasteiger partial charge in [-0.2, -0.15) is 0 Å². The predicted octanol–water partition coefficient (Wildman–Crippen LogP) is 2.09. The van der Waals surface area contributed by atoms with Gasteiger partial charge in [-0.15, -0.1) is 0 Å². The SMILES string of the molecule is CCNC(=O)c1c(C)nc(N)nc1-c1cccc(C)c1. The van der Waals surface area contributed by atoms with E-state index < -0.39 is 0 Å². The Labute approximate surface area is 118 Å². The van der Waals surface area contributed by atoms with Crippen LogP contribution >= 0.6 is 0 Å². The highest BCUT2D eigenvalue weighted by Crippen LogP contribution is 2.25. The first-order chi connectivity index (χ1) is 9.52. The van der Waals surface area contributed by atoms with Gasteiger partial charge in [0.2, 0.25) is 5.95 Å². The molecule has 2 rings (SSSR count). The van der Waals surface area contributed by atoms with Crippen LogP contribution in [0, 0.1) is 13.8 Å². The summed E-state index contributed by atoms with van der Waals surface area (Å²) in [6.07, 6.45) is 0. The van der Waals surface area contributed by atoms with Crippen LogP contribution in [0.4, 0.5) is 5.95 Å². The third kappa shape index (κ3) is 2.77. The van der Waals surface area contributed by atoms with Gasteiger partial charge in [0.15, 0.2) is 0 Å². The average Bonchev–Trinajstić information content (AvgIpc) is 2.37. The summed E-state index contributed by atoms with van der Waals surface area (Å²) in [6.45, 7) is 6.18. The number of carbonyl (C=O) groups excluding carboxylic acids is 1. The molecule has 1 aromatic heterocycles. The number of aromatic nitrogens is 2. The number of carbonyl (C=O) groups is 1. The molecule has 5 heteroatoms. The van der Waals surface area contributed by atoms with Crippen LogP contribution in [-0.4, -0.2) is 22.4 Å². The Morgan fingerprint density at radius 3 is 2.70 bits per heavy atom. The molecule has 0 fully saturated rings. The van der Waals surface area contributed by atoms with Crippen LogP contribution in [0.1, 0.15) is 28.5 Å². The lowest BCUT2D eigenvalue weighted by molar-refractivity contribution is 0.0955. The van der Waals surface area contributed by atoms with Crippen molar-refractivity contribution in [3.63, 3.8) is 0 Å². The van der Waals surface area contributed by atoms with Gasteiger partial charge in [0, 0.05) is 12.1 Å². The number of aryl methyl sites for hydroxylation is 2. The van der Waals surface area contributed by atoms with Crippen LogP contribution in [-0.2, 0) is 0 Å². The molecule has 0 saturated carbocycles. The van der Waals surface area contributed by atoms with E-state index >= 15 is 0 Å². The summed E-state index contributed by atoms with van der Waals surface area (Å²) < 4.78 is 0. The molecule has 0 spiro atoms. The number of amides is 1. The number of nitrogens with zero attached hydrogens (tertiary/aromatic N) is 2. The zero-order valence-corrected chi connectivity index (χ0v) is 11.9. The lowest BCUT2D eigenvalue weighted by Gasteiger charge is -2.12. The Kier molecular flexibility index (Phi) is 3.98. The fourth-order valence-corrected chi connectivity index (χ4v) is 2.12. The molecule has 0 aliphatic rings. The Hall–Kier alpha value is -2.43. The quantitative estimate of drug-likeness (QED) is 0.895. The standard InChI is InChI=1S/C15H18N4O/c1-4-17-14(20)12-10(3)18-15(16)19-13(12)11-7-5-6-9(2)8-11/h5-8H,4H2,1-3H3,(H,17,20)(H2,16,18,19). The van der Waals surface area contributed by atoms with Gasteiger partial charge in [-0.25, -0.2) is 9.97 Å². The molecular weight excluding hydrogens is 252 g/mol. The molecule has 0 aliphatic carbocycles. The minimum atomic E-state index is -0.179. The number of hydrogen-bond donors (Lipinski definition) is 2. The molecule has 20 heavy (non-hydrogen) atoms. The lowest BCUT2D eigenvalue weighted by Crippen LogP contribution is -2.25. The summed E-state index contributed by atoms with van der Waals surface area (Å²) in [5.74, 6) is -0.00596. The molecule has 0 unspecified atom stereocenters. The van der Waals surface area contributed by atoms with Crippen molar-refractivity contribution in [1.82, 2.24) is 15.3 Å². The van der Waals surface area contributed by atoms with Crippen molar-refractivity contribution in [2.75, 3.05) is 12.3 Å². The van der Waals surface area contributed by atoms with E-state index in [4.69, 9.17) is 5.73 Å². The van der Waals surface area contributed by atoms with Gasteiger partial charge in [0.05, 0.1) is 17.0 Å². The molecule has 0 atom stereocenters. The van der Waals surface area contributed by atoms with E-state index in [1.165, 1.54) is 0 Å². The van der Waals surface area contributed by atoms with E-state index in [9.17, 15) is 4.79 Å². The highest BCUT2D eigenvalue weighted by molar-refractivity contribution is 6.01. The molecule has 3 N–H and O–H groups in total. The number of nitrogens with one attached hydrogen (secondary N) is 1. The molecule has 0 bridgehead atoms. The van der Waals surface area contributed by atoms with E-state index in [2.05, 4.69) is 15.3 Å². The zero-order valence-electron chi connectivity index (χ0n) is 11.9. The van der Waals surface area contributed by atoms with Gasteiger partial charge < -0.3 is 11.1 Å². The van der Waals surface area contributed by atoms with Crippen LogP contribution < -0.4 is 11.1 Å². The smallest absolute Gasteiger partial charge is 0.255 e. The lowest BCUT2D eigenvalue weighted by atomic mass is 10.0. The van der Waals surface area contributed by atoms with Crippen molar-refractivity contribution >= 4 is 11.9 Å². The van der Waals surface area contributed by atoms with Gasteiger partial charge in [-0.05, 0) is 26.8 Å². The highest BCUT2D eigenvalue weighted by Gasteiger charge is 2.18. The predicted molar refractivity (Wildman–Crippen MR) is 79.4 cm³/mol. The molecular formula is C15H18N4O. The second-order valence-corrected chi connectivity index (χ2v) is 4.62. The Morgan fingerprint density at radius 1 is 1.30 bits per heavy atom. The first-order valence-electron chi connectivity index (χ1n) is 6.52. The monoisotopic (exact) mass is 270 g/mol. The van der Waals surface area contributed by atoms with E-state index in [0.29, 0.717) is 23.5 Å². The molecule has 104 valence electrons. The van der Waals surface area contributed by atoms with Gasteiger partial charge in [-0.3, -0.25) is 4.79 Å². The minimum absolute atomic E-state index is 0.173. The van der Waals surface area contributed by atoms with Crippen molar-refractivity contribution in [3.05, 3.63) is 41.1 Å². The van der Waals surface area contributed by atoms with Gasteiger partial charge in [0.25, 0.3) is 5.91 Å². The summed E-state index contributed by atoms with van der Waals surface area (Å²) in [5.41, 5.74) is 9.32. The molecule has 2 aromatic rings. The van der Waals surface area contributed by atoms with Crippen molar-refractivity contribution < 1.29 is 4.79 Å². The normalized spacial score (nSPS) is 10.3. The fraction of sp³-hybridized carbons (Fsp3) is 0.267. The number of nitrogen functional groups attached to an aromatic ring is 1. The third-order valence-corrected chi connectivity index (χ3v) is 2.96. The molecule has 0 aliphatic heterocycles. The number of anilines is 1. The highest BCUT2D eigenvalue weighted by atomic mass is 16.1. The second kappa shape index (κ2) is 5.69. The summed E-state index contributed by atoms with van der Waals surface area (Å²) in [5, 5.41) is 2.79. The number of benzene rings is 1. The van der Waals surface area contributed by atoms with Crippen LogP contribution in [0.25, 0.3) is 11.3 Å². The maximum atomic E-state index is 12.2. The van der Waals surface area contributed by atoms with Crippen LogP contribution in [0.3, 0.4) is 0 Å². The Balaban J connectivity index is 2.64. The first-order valence-corrected chi connectivity index (χ1v) is 6.52. The zero-order chi connectivity index (χ0) is 14.7. The first kappa shape index (κ1) is 14.0. The maximum Gasteiger partial charge on any atom is 0.255 e. The van der Waals surface area contributed by atoms with Crippen LogP contribution in [0.5, 0.6) is 0 Å². The van der Waals surface area contributed by atoms with E-state index in [1.54, 1.807) is 6.92 Å². The summed E-state index contributed by atoms with van der Waals surface area (Å²) in [7, 11) is 0. The average molecular weight is 270 g/mol. The molecule has 0 saturated heterocycles.